The Labute approximate surface area is 136 Å². The molecule has 1 saturated heterocycles. The molecule has 0 spiro atoms. The molecule has 1 N–H and O–H groups in total. The van der Waals surface area contributed by atoms with Crippen molar-refractivity contribution in [2.75, 3.05) is 19.3 Å². The number of nitrogens with one attached hydrogen (secondary N) is 1. The van der Waals surface area contributed by atoms with Crippen LogP contribution in [-0.4, -0.2) is 51.9 Å². The molecule has 1 aliphatic heterocycles. The molecule has 2 rings (SSSR count). The predicted octanol–water partition coefficient (Wildman–Crippen LogP) is 2.30. The SMILES string of the molecule is CSc1nccnc1CN1CCC(NC(=O)OC(C)(C)C)C1. The fourth-order valence-corrected chi connectivity index (χ4v) is 2.93. The highest BCUT2D eigenvalue weighted by molar-refractivity contribution is 7.98. The molecule has 0 aromatic carbocycles. The van der Waals surface area contributed by atoms with Gasteiger partial charge in [-0.2, -0.15) is 0 Å². The fraction of sp³-hybridized carbons (Fsp3) is 0.667. The predicted molar refractivity (Wildman–Crippen MR) is 86.9 cm³/mol. The Kier molecular flexibility index (Phi) is 5.63. The lowest BCUT2D eigenvalue weighted by Crippen LogP contribution is -2.40. The summed E-state index contributed by atoms with van der Waals surface area (Å²) in [7, 11) is 0. The molecule has 1 aromatic heterocycles. The van der Waals surface area contributed by atoms with Crippen LogP contribution in [0, 0.1) is 0 Å². The van der Waals surface area contributed by atoms with Crippen LogP contribution >= 0.6 is 11.8 Å². The van der Waals surface area contributed by atoms with Crippen LogP contribution in [0.4, 0.5) is 4.79 Å². The zero-order valence-electron chi connectivity index (χ0n) is 13.6. The third-order valence-corrected chi connectivity index (χ3v) is 4.02. The van der Waals surface area contributed by atoms with Gasteiger partial charge in [-0.15, -0.1) is 11.8 Å². The molecule has 0 aliphatic carbocycles. The van der Waals surface area contributed by atoms with Crippen LogP contribution in [0.3, 0.4) is 0 Å². The molecule has 0 radical (unpaired) electrons. The maximum atomic E-state index is 11.8. The van der Waals surface area contributed by atoms with Gasteiger partial charge in [-0.05, 0) is 33.4 Å². The number of likely N-dealkylation sites (tertiary alicyclic amines) is 1. The van der Waals surface area contributed by atoms with E-state index in [1.807, 2.05) is 27.0 Å². The Bertz CT molecular complexity index is 519. The minimum Gasteiger partial charge on any atom is -0.444 e. The molecule has 6 nitrogen and oxygen atoms in total. The molecular weight excluding hydrogens is 300 g/mol. The van der Waals surface area contributed by atoms with Gasteiger partial charge in [-0.25, -0.2) is 9.78 Å². The van der Waals surface area contributed by atoms with Crippen LogP contribution in [0.25, 0.3) is 0 Å². The number of hydrogen-bond donors (Lipinski definition) is 1. The second-order valence-electron chi connectivity index (χ2n) is 6.38. The Morgan fingerprint density at radius 1 is 1.45 bits per heavy atom. The smallest absolute Gasteiger partial charge is 0.407 e. The summed E-state index contributed by atoms with van der Waals surface area (Å²) < 4.78 is 5.30. The highest BCUT2D eigenvalue weighted by Crippen LogP contribution is 2.19. The first-order chi connectivity index (χ1) is 10.4. The van der Waals surface area contributed by atoms with Gasteiger partial charge in [0.2, 0.25) is 0 Å². The van der Waals surface area contributed by atoms with Gasteiger partial charge in [0.25, 0.3) is 0 Å². The van der Waals surface area contributed by atoms with Crippen molar-refractivity contribution >= 4 is 17.9 Å². The zero-order chi connectivity index (χ0) is 16.2. The third kappa shape index (κ3) is 5.14. The molecule has 1 atom stereocenters. The third-order valence-electron chi connectivity index (χ3n) is 3.30. The lowest BCUT2D eigenvalue weighted by atomic mass is 10.2. The van der Waals surface area contributed by atoms with Gasteiger partial charge < -0.3 is 10.1 Å². The lowest BCUT2D eigenvalue weighted by molar-refractivity contribution is 0.0505. The summed E-state index contributed by atoms with van der Waals surface area (Å²) in [5.74, 6) is 0. The molecule has 2 heterocycles. The summed E-state index contributed by atoms with van der Waals surface area (Å²) in [6.07, 6.45) is 6.02. The maximum Gasteiger partial charge on any atom is 0.407 e. The number of alkyl carbamates (subject to hydrolysis) is 1. The van der Waals surface area contributed by atoms with Crippen LogP contribution in [0.1, 0.15) is 32.9 Å². The Morgan fingerprint density at radius 3 is 2.86 bits per heavy atom. The number of amides is 1. The van der Waals surface area contributed by atoms with Crippen LogP contribution in [0.2, 0.25) is 0 Å². The van der Waals surface area contributed by atoms with E-state index in [0.717, 1.165) is 36.8 Å². The maximum absolute atomic E-state index is 11.8. The van der Waals surface area contributed by atoms with E-state index in [4.69, 9.17) is 4.74 Å². The summed E-state index contributed by atoms with van der Waals surface area (Å²) in [4.78, 5) is 22.8. The molecule has 1 aromatic rings. The van der Waals surface area contributed by atoms with E-state index in [0.29, 0.717) is 0 Å². The summed E-state index contributed by atoms with van der Waals surface area (Å²) >= 11 is 1.61. The first-order valence-corrected chi connectivity index (χ1v) is 8.65. The number of carbonyl (C=O) groups is 1. The largest absolute Gasteiger partial charge is 0.444 e. The van der Waals surface area contributed by atoms with E-state index in [9.17, 15) is 4.79 Å². The highest BCUT2D eigenvalue weighted by atomic mass is 32.2. The second-order valence-corrected chi connectivity index (χ2v) is 7.17. The minimum atomic E-state index is -0.463. The molecule has 122 valence electrons. The molecule has 7 heteroatoms. The molecule has 1 aliphatic rings. The number of ether oxygens (including phenoxy) is 1. The molecule has 1 amide bonds. The first kappa shape index (κ1) is 17.0. The lowest BCUT2D eigenvalue weighted by Gasteiger charge is -2.22. The first-order valence-electron chi connectivity index (χ1n) is 7.43. The standard InChI is InChI=1S/C15H24N4O2S/c1-15(2,3)21-14(20)18-11-5-8-19(9-11)10-12-13(22-4)17-7-6-16-12/h6-7,11H,5,8-10H2,1-4H3,(H,18,20). The van der Waals surface area contributed by atoms with Gasteiger partial charge in [0, 0.05) is 38.1 Å². The number of rotatable bonds is 4. The van der Waals surface area contributed by atoms with E-state index in [-0.39, 0.29) is 12.1 Å². The average Bonchev–Trinajstić information content (AvgIpc) is 2.84. The number of thioether (sulfide) groups is 1. The number of hydrogen-bond acceptors (Lipinski definition) is 6. The Morgan fingerprint density at radius 2 is 2.18 bits per heavy atom. The summed E-state index contributed by atoms with van der Waals surface area (Å²) in [5, 5.41) is 3.90. The molecule has 0 saturated carbocycles. The van der Waals surface area contributed by atoms with Crippen molar-refractivity contribution in [1.29, 1.82) is 0 Å². The van der Waals surface area contributed by atoms with Gasteiger partial charge in [0.1, 0.15) is 10.6 Å². The Hall–Kier alpha value is -1.34. The van der Waals surface area contributed by atoms with Gasteiger partial charge in [0.15, 0.2) is 0 Å². The van der Waals surface area contributed by atoms with Crippen molar-refractivity contribution < 1.29 is 9.53 Å². The molecular formula is C15H24N4O2S. The van der Waals surface area contributed by atoms with Crippen LogP contribution < -0.4 is 5.32 Å². The van der Waals surface area contributed by atoms with Crippen LogP contribution in [0.5, 0.6) is 0 Å². The summed E-state index contributed by atoms with van der Waals surface area (Å²) in [6.45, 7) is 8.10. The van der Waals surface area contributed by atoms with Gasteiger partial charge >= 0.3 is 6.09 Å². The minimum absolute atomic E-state index is 0.129. The number of aromatic nitrogens is 2. The van der Waals surface area contributed by atoms with Crippen molar-refractivity contribution in [2.45, 2.75) is 50.4 Å². The topological polar surface area (TPSA) is 67.4 Å². The van der Waals surface area contributed by atoms with Crippen molar-refractivity contribution in [3.05, 3.63) is 18.1 Å². The van der Waals surface area contributed by atoms with E-state index in [1.54, 1.807) is 24.2 Å². The number of nitrogens with zero attached hydrogens (tertiary/aromatic N) is 3. The monoisotopic (exact) mass is 324 g/mol. The van der Waals surface area contributed by atoms with Gasteiger partial charge in [0.05, 0.1) is 5.69 Å². The molecule has 22 heavy (non-hydrogen) atoms. The summed E-state index contributed by atoms with van der Waals surface area (Å²) in [6, 6.07) is 0.129. The normalized spacial score (nSPS) is 19.2. The highest BCUT2D eigenvalue weighted by Gasteiger charge is 2.26. The molecule has 1 fully saturated rings. The summed E-state index contributed by atoms with van der Waals surface area (Å²) in [5.41, 5.74) is 0.530. The Balaban J connectivity index is 1.84. The van der Waals surface area contributed by atoms with Crippen LogP contribution in [-0.2, 0) is 11.3 Å². The van der Waals surface area contributed by atoms with Crippen LogP contribution in [0.15, 0.2) is 17.4 Å². The van der Waals surface area contributed by atoms with Crippen molar-refractivity contribution in [1.82, 2.24) is 20.2 Å². The fourth-order valence-electron chi connectivity index (χ4n) is 2.41. The van der Waals surface area contributed by atoms with Crippen molar-refractivity contribution in [3.63, 3.8) is 0 Å². The van der Waals surface area contributed by atoms with E-state index >= 15 is 0 Å². The van der Waals surface area contributed by atoms with Gasteiger partial charge in [-0.3, -0.25) is 9.88 Å². The molecule has 1 unspecified atom stereocenters. The van der Waals surface area contributed by atoms with E-state index in [2.05, 4.69) is 20.2 Å². The zero-order valence-corrected chi connectivity index (χ0v) is 14.4. The van der Waals surface area contributed by atoms with Crippen molar-refractivity contribution in [3.8, 4) is 0 Å². The molecule has 0 bridgehead atoms. The van der Waals surface area contributed by atoms with Gasteiger partial charge in [-0.1, -0.05) is 0 Å². The average molecular weight is 324 g/mol. The number of carbonyl (C=O) groups excluding carboxylic acids is 1. The van der Waals surface area contributed by atoms with E-state index < -0.39 is 5.60 Å². The quantitative estimate of drug-likeness (QED) is 0.857. The second kappa shape index (κ2) is 7.28. The van der Waals surface area contributed by atoms with E-state index in [1.165, 1.54) is 0 Å². The van der Waals surface area contributed by atoms with Crippen molar-refractivity contribution in [2.24, 2.45) is 0 Å².